The Morgan fingerprint density at radius 2 is 1.69 bits per heavy atom. The fourth-order valence-electron chi connectivity index (χ4n) is 4.28. The Bertz CT molecular complexity index is 1060. The van der Waals surface area contributed by atoms with E-state index >= 15 is 0 Å². The number of hydrogen-bond acceptors (Lipinski definition) is 6. The second-order valence-corrected chi connectivity index (χ2v) is 14.4. The van der Waals surface area contributed by atoms with Crippen LogP contribution in [-0.4, -0.2) is 35.7 Å². The Morgan fingerprint density at radius 3 is 2.22 bits per heavy atom. The van der Waals surface area contributed by atoms with Gasteiger partial charge in [-0.2, -0.15) is 4.98 Å². The number of nitrogens with zero attached hydrogens (tertiary/aromatic N) is 2. The molecule has 3 aromatic rings. The molecular weight excluding hydrogens is 438 g/mol. The Kier molecular flexibility index (Phi) is 6.57. The predicted octanol–water partition coefficient (Wildman–Crippen LogP) is 2.99. The molecule has 0 unspecified atom stereocenters. The topological polar surface area (TPSA) is 79.4 Å². The molecule has 32 heavy (non-hydrogen) atoms. The van der Waals surface area contributed by atoms with E-state index in [4.69, 9.17) is 14.9 Å². The molecule has 1 aliphatic heterocycles. The first-order valence-electron chi connectivity index (χ1n) is 10.7. The van der Waals surface area contributed by atoms with Crippen LogP contribution < -0.4 is 21.8 Å². The maximum absolute atomic E-state index is 12.2. The van der Waals surface area contributed by atoms with Crippen molar-refractivity contribution in [2.24, 2.45) is 0 Å². The van der Waals surface area contributed by atoms with Gasteiger partial charge in [-0.25, -0.2) is 4.79 Å². The summed E-state index contributed by atoms with van der Waals surface area (Å²) in [5.41, 5.74) is 5.04. The number of nitrogens with two attached hydrogens (primary N) is 1. The highest BCUT2D eigenvalue weighted by Gasteiger charge is 2.50. The largest absolute Gasteiger partial charge is 0.404 e. The molecule has 2 N–H and O–H groups in total. The van der Waals surface area contributed by atoms with Crippen LogP contribution >= 0.6 is 11.8 Å². The molecule has 0 bridgehead atoms. The first-order chi connectivity index (χ1) is 15.3. The quantitative estimate of drug-likeness (QED) is 0.562. The van der Waals surface area contributed by atoms with E-state index < -0.39 is 14.0 Å². The molecule has 168 valence electrons. The van der Waals surface area contributed by atoms with Gasteiger partial charge in [-0.15, -0.1) is 11.8 Å². The van der Waals surface area contributed by atoms with Gasteiger partial charge in [-0.05, 0) is 21.5 Å². The molecule has 2 aromatic carbocycles. The molecule has 1 fully saturated rings. The number of anilines is 1. The van der Waals surface area contributed by atoms with Gasteiger partial charge in [-0.3, -0.25) is 4.57 Å². The second kappa shape index (κ2) is 9.23. The summed E-state index contributed by atoms with van der Waals surface area (Å²) in [7, 11) is -2.63. The highest BCUT2D eigenvalue weighted by molar-refractivity contribution is 8.00. The van der Waals surface area contributed by atoms with Gasteiger partial charge in [0.25, 0.3) is 8.32 Å². The Morgan fingerprint density at radius 1 is 1.09 bits per heavy atom. The molecule has 1 saturated heterocycles. The van der Waals surface area contributed by atoms with Crippen LogP contribution in [-0.2, 0) is 9.16 Å². The van der Waals surface area contributed by atoms with Gasteiger partial charge in [0.2, 0.25) is 0 Å². The predicted molar refractivity (Wildman–Crippen MR) is 133 cm³/mol. The molecule has 0 radical (unpaired) electrons. The normalized spacial score (nSPS) is 19.2. The number of thioether (sulfide) groups is 1. The molecule has 2 atom stereocenters. The second-order valence-electron chi connectivity index (χ2n) is 8.87. The summed E-state index contributed by atoms with van der Waals surface area (Å²) in [4.78, 5) is 16.0. The fourth-order valence-corrected chi connectivity index (χ4v) is 9.94. The molecule has 6 nitrogen and oxygen atoms in total. The van der Waals surface area contributed by atoms with E-state index in [-0.39, 0.29) is 22.5 Å². The van der Waals surface area contributed by atoms with Gasteiger partial charge < -0.3 is 14.9 Å². The van der Waals surface area contributed by atoms with Gasteiger partial charge in [0.1, 0.15) is 17.5 Å². The van der Waals surface area contributed by atoms with E-state index in [0.29, 0.717) is 12.4 Å². The number of hydrogen-bond donors (Lipinski definition) is 1. The van der Waals surface area contributed by atoms with Gasteiger partial charge in [0.05, 0.1) is 6.61 Å². The van der Waals surface area contributed by atoms with Crippen molar-refractivity contribution in [2.45, 2.75) is 37.5 Å². The van der Waals surface area contributed by atoms with Crippen LogP contribution in [0.5, 0.6) is 0 Å². The monoisotopic (exact) mass is 467 g/mol. The van der Waals surface area contributed by atoms with E-state index in [2.05, 4.69) is 74.3 Å². The summed E-state index contributed by atoms with van der Waals surface area (Å²) in [5.74, 6) is 0.865. The van der Waals surface area contributed by atoms with Gasteiger partial charge in [0, 0.05) is 11.9 Å². The third-order valence-electron chi connectivity index (χ3n) is 5.75. The molecule has 2 heterocycles. The Hall–Kier alpha value is -2.39. The minimum atomic E-state index is -2.63. The lowest BCUT2D eigenvalue weighted by Crippen LogP contribution is -2.67. The van der Waals surface area contributed by atoms with E-state index in [1.165, 1.54) is 14.9 Å². The fraction of sp³-hybridized carbons (Fsp3) is 0.333. The van der Waals surface area contributed by atoms with Crippen LogP contribution in [0.25, 0.3) is 0 Å². The van der Waals surface area contributed by atoms with Crippen LogP contribution in [0.2, 0.25) is 5.04 Å². The molecule has 1 aliphatic rings. The molecule has 0 amide bonds. The van der Waals surface area contributed by atoms with Crippen molar-refractivity contribution in [3.8, 4) is 0 Å². The average molecular weight is 468 g/mol. The third kappa shape index (κ3) is 4.41. The zero-order valence-electron chi connectivity index (χ0n) is 18.6. The van der Waals surface area contributed by atoms with Gasteiger partial charge >= 0.3 is 5.69 Å². The van der Waals surface area contributed by atoms with Crippen molar-refractivity contribution in [2.75, 3.05) is 18.1 Å². The summed E-state index contributed by atoms with van der Waals surface area (Å²) in [6.45, 7) is 7.20. The molecular formula is C24H29N3O3SSi. The van der Waals surface area contributed by atoms with Crippen LogP contribution in [0.15, 0.2) is 77.7 Å². The van der Waals surface area contributed by atoms with E-state index in [0.717, 1.165) is 0 Å². The van der Waals surface area contributed by atoms with Crippen molar-refractivity contribution in [1.29, 1.82) is 0 Å². The summed E-state index contributed by atoms with van der Waals surface area (Å²) in [6, 6.07) is 22.7. The van der Waals surface area contributed by atoms with E-state index in [1.54, 1.807) is 24.0 Å². The van der Waals surface area contributed by atoms with Crippen molar-refractivity contribution >= 4 is 36.3 Å². The van der Waals surface area contributed by atoms with Crippen molar-refractivity contribution in [3.63, 3.8) is 0 Å². The molecule has 1 aromatic heterocycles. The maximum atomic E-state index is 12.2. The first-order valence-corrected chi connectivity index (χ1v) is 13.6. The summed E-state index contributed by atoms with van der Waals surface area (Å²) in [5, 5.41) is 2.37. The number of benzene rings is 2. The Labute approximate surface area is 193 Å². The van der Waals surface area contributed by atoms with Crippen molar-refractivity contribution in [1.82, 2.24) is 9.55 Å². The van der Waals surface area contributed by atoms with Crippen LogP contribution in [0.3, 0.4) is 0 Å². The molecule has 8 heteroatoms. The molecule has 0 spiro atoms. The third-order valence-corrected chi connectivity index (χ3v) is 11.8. The zero-order chi connectivity index (χ0) is 22.8. The first kappa shape index (κ1) is 22.8. The summed E-state index contributed by atoms with van der Waals surface area (Å²) < 4.78 is 14.6. The van der Waals surface area contributed by atoms with Gasteiger partial charge in [-0.1, -0.05) is 81.4 Å². The maximum Gasteiger partial charge on any atom is 0.351 e. The number of nitrogen functional groups attached to an aromatic ring is 1. The van der Waals surface area contributed by atoms with Crippen LogP contribution in [0.1, 0.15) is 27.0 Å². The van der Waals surface area contributed by atoms with Crippen molar-refractivity contribution < 1.29 is 9.16 Å². The molecule has 0 saturated carbocycles. The van der Waals surface area contributed by atoms with Gasteiger partial charge in [0.15, 0.2) is 0 Å². The standard InChI is InChI=1S/C24H29N3O3SSi/c1-24(2,3)32(18-10-6-4-7-11-18,19-12-8-5-9-13-19)29-16-22-30-21(17-31-22)27-15-14-20(25)26-23(27)28/h4-15,21-22H,16-17H2,1-3H3,(H2,25,26,28)/t21-,22+/m1/s1. The average Bonchev–Trinajstić information content (AvgIpc) is 3.23. The SMILES string of the molecule is CC(C)(C)[Si](OC[C@H]1O[C@@H](n2ccc(N)nc2=O)CS1)(c1ccccc1)c1ccccc1. The van der Waals surface area contributed by atoms with Crippen molar-refractivity contribution in [3.05, 3.63) is 83.4 Å². The summed E-state index contributed by atoms with van der Waals surface area (Å²) >= 11 is 1.66. The van der Waals surface area contributed by atoms with E-state index in [1.807, 2.05) is 12.1 Å². The lowest BCUT2D eigenvalue weighted by atomic mass is 10.2. The minimum Gasteiger partial charge on any atom is -0.404 e. The zero-order valence-corrected chi connectivity index (χ0v) is 20.4. The number of rotatable bonds is 6. The summed E-state index contributed by atoms with van der Waals surface area (Å²) in [6.07, 6.45) is 1.26. The molecule has 0 aliphatic carbocycles. The van der Waals surface area contributed by atoms with Crippen LogP contribution in [0.4, 0.5) is 5.82 Å². The Balaban J connectivity index is 1.61. The highest BCUT2D eigenvalue weighted by atomic mass is 32.2. The number of aromatic nitrogens is 2. The highest BCUT2D eigenvalue weighted by Crippen LogP contribution is 2.38. The minimum absolute atomic E-state index is 0.101. The van der Waals surface area contributed by atoms with E-state index in [9.17, 15) is 4.79 Å². The number of ether oxygens (including phenoxy) is 1. The molecule has 4 rings (SSSR count). The smallest absolute Gasteiger partial charge is 0.351 e. The lowest BCUT2D eigenvalue weighted by Gasteiger charge is -2.43. The van der Waals surface area contributed by atoms with Crippen LogP contribution in [0, 0.1) is 0 Å². The lowest BCUT2D eigenvalue weighted by molar-refractivity contribution is -0.00349.